The van der Waals surface area contributed by atoms with Crippen LogP contribution >= 0.6 is 0 Å². The third-order valence-corrected chi connectivity index (χ3v) is 5.41. The van der Waals surface area contributed by atoms with Gasteiger partial charge < -0.3 is 15.2 Å². The topological polar surface area (TPSA) is 86.2 Å². The van der Waals surface area contributed by atoms with Gasteiger partial charge in [0.05, 0.1) is 18.6 Å². The number of aromatic nitrogens is 3. The van der Waals surface area contributed by atoms with Crippen molar-refractivity contribution in [2.45, 2.75) is 38.9 Å². The van der Waals surface area contributed by atoms with E-state index in [0.717, 1.165) is 19.4 Å². The van der Waals surface area contributed by atoms with E-state index in [2.05, 4.69) is 16.7 Å². The van der Waals surface area contributed by atoms with Crippen molar-refractivity contribution in [3.63, 3.8) is 0 Å². The summed E-state index contributed by atoms with van der Waals surface area (Å²) in [5.41, 5.74) is 7.58. The van der Waals surface area contributed by atoms with Crippen molar-refractivity contribution < 1.29 is 4.79 Å². The first-order valence-electron chi connectivity index (χ1n) is 10.2. The van der Waals surface area contributed by atoms with Crippen LogP contribution in [0.25, 0.3) is 11.0 Å². The molecule has 1 aliphatic heterocycles. The highest BCUT2D eigenvalue weighted by atomic mass is 16.1. The Balaban J connectivity index is 1.76. The predicted octanol–water partition coefficient (Wildman–Crippen LogP) is 2.03. The number of hydrogen-bond donors (Lipinski definition) is 1. The number of imidazole rings is 1. The van der Waals surface area contributed by atoms with Crippen molar-refractivity contribution in [1.82, 2.24) is 14.1 Å². The van der Waals surface area contributed by atoms with Gasteiger partial charge in [-0.05, 0) is 25.8 Å². The number of Topliss-reactive ketones (excluding diaryl/α,β-unsaturated/α-hetero) is 1. The number of pyridine rings is 1. The standard InChI is InChI=1S/C23H25N5O2/c1-2-3-13-28-21-19(25-23(28)27-12-7-10-18(24)15-27)11-14-26(22(21)30)16-20(29)17-8-5-4-6-9-17/h4-6,8-9,11,14,18H,7,10,12-13,15-16,24H2,1H3. The molecule has 2 N–H and O–H groups in total. The molecule has 1 aliphatic rings. The van der Waals surface area contributed by atoms with E-state index >= 15 is 0 Å². The number of nitrogens with zero attached hydrogens (tertiary/aromatic N) is 4. The number of anilines is 1. The van der Waals surface area contributed by atoms with Crippen LogP contribution in [0.2, 0.25) is 0 Å². The summed E-state index contributed by atoms with van der Waals surface area (Å²) in [4.78, 5) is 32.8. The lowest BCUT2D eigenvalue weighted by molar-refractivity contribution is 0.0971. The van der Waals surface area contributed by atoms with Gasteiger partial charge in [0.15, 0.2) is 5.78 Å². The zero-order valence-corrected chi connectivity index (χ0v) is 17.0. The molecule has 0 saturated carbocycles. The summed E-state index contributed by atoms with van der Waals surface area (Å²) in [7, 11) is 0. The van der Waals surface area contributed by atoms with Gasteiger partial charge in [0.25, 0.3) is 5.56 Å². The number of ketones is 1. The van der Waals surface area contributed by atoms with E-state index in [1.54, 1.807) is 31.3 Å². The Labute approximate surface area is 175 Å². The highest BCUT2D eigenvalue weighted by Gasteiger charge is 2.24. The maximum absolute atomic E-state index is 13.3. The maximum Gasteiger partial charge on any atom is 0.277 e. The van der Waals surface area contributed by atoms with Crippen molar-refractivity contribution in [3.05, 3.63) is 58.5 Å². The first-order chi connectivity index (χ1) is 14.6. The SMILES string of the molecule is CC#CCn1c(N2CCCC(N)C2)nc2ccn(CC(=O)c3ccccc3)c(=O)c21. The van der Waals surface area contributed by atoms with Crippen LogP contribution in [0.15, 0.2) is 47.4 Å². The second-order valence-electron chi connectivity index (χ2n) is 7.54. The van der Waals surface area contributed by atoms with Gasteiger partial charge >= 0.3 is 0 Å². The summed E-state index contributed by atoms with van der Waals surface area (Å²) in [6.45, 7) is 3.65. The molecule has 7 nitrogen and oxygen atoms in total. The monoisotopic (exact) mass is 403 g/mol. The summed E-state index contributed by atoms with van der Waals surface area (Å²) in [6.07, 6.45) is 3.61. The molecule has 0 spiro atoms. The molecule has 3 heterocycles. The summed E-state index contributed by atoms with van der Waals surface area (Å²) in [5, 5.41) is 0. The van der Waals surface area contributed by atoms with Gasteiger partial charge in [0, 0.05) is 30.9 Å². The third kappa shape index (κ3) is 3.87. The molecule has 0 radical (unpaired) electrons. The van der Waals surface area contributed by atoms with E-state index < -0.39 is 0 Å². The minimum Gasteiger partial charge on any atom is -0.341 e. The van der Waals surface area contributed by atoms with Crippen molar-refractivity contribution in [2.24, 2.45) is 5.73 Å². The average molecular weight is 403 g/mol. The van der Waals surface area contributed by atoms with Crippen molar-refractivity contribution >= 4 is 22.8 Å². The minimum atomic E-state index is -0.241. The molecule has 0 amide bonds. The average Bonchev–Trinajstić information content (AvgIpc) is 3.14. The van der Waals surface area contributed by atoms with Crippen LogP contribution in [-0.2, 0) is 13.1 Å². The molecule has 7 heteroatoms. The minimum absolute atomic E-state index is 0.0205. The van der Waals surface area contributed by atoms with E-state index in [-0.39, 0.29) is 23.9 Å². The maximum atomic E-state index is 13.3. The summed E-state index contributed by atoms with van der Waals surface area (Å²) in [6, 6.07) is 10.9. The number of rotatable bonds is 5. The molecular formula is C23H25N5O2. The lowest BCUT2D eigenvalue weighted by Crippen LogP contribution is -2.44. The highest BCUT2D eigenvalue weighted by molar-refractivity contribution is 5.96. The van der Waals surface area contributed by atoms with Gasteiger partial charge in [-0.2, -0.15) is 0 Å². The van der Waals surface area contributed by atoms with Crippen LogP contribution < -0.4 is 16.2 Å². The van der Waals surface area contributed by atoms with E-state index in [1.165, 1.54) is 4.57 Å². The molecule has 1 saturated heterocycles. The van der Waals surface area contributed by atoms with Gasteiger partial charge in [-0.25, -0.2) is 4.98 Å². The van der Waals surface area contributed by atoms with Gasteiger partial charge in [-0.3, -0.25) is 14.2 Å². The van der Waals surface area contributed by atoms with Gasteiger partial charge in [0.1, 0.15) is 5.52 Å². The third-order valence-electron chi connectivity index (χ3n) is 5.41. The largest absolute Gasteiger partial charge is 0.341 e. The van der Waals surface area contributed by atoms with E-state index in [1.807, 2.05) is 22.8 Å². The number of nitrogens with two attached hydrogens (primary N) is 1. The van der Waals surface area contributed by atoms with Crippen LogP contribution in [0.4, 0.5) is 5.95 Å². The van der Waals surface area contributed by atoms with Crippen LogP contribution in [0, 0.1) is 11.8 Å². The molecule has 0 bridgehead atoms. The van der Waals surface area contributed by atoms with Crippen molar-refractivity contribution in [1.29, 1.82) is 0 Å². The lowest BCUT2D eigenvalue weighted by Gasteiger charge is -2.31. The second-order valence-corrected chi connectivity index (χ2v) is 7.54. The fourth-order valence-electron chi connectivity index (χ4n) is 3.90. The molecule has 1 aromatic carbocycles. The Hall–Kier alpha value is -3.37. The Bertz CT molecular complexity index is 1180. The zero-order chi connectivity index (χ0) is 21.1. The van der Waals surface area contributed by atoms with Gasteiger partial charge in [-0.1, -0.05) is 36.3 Å². The normalized spacial score (nSPS) is 16.3. The van der Waals surface area contributed by atoms with Crippen LogP contribution in [0.1, 0.15) is 30.1 Å². The molecular weight excluding hydrogens is 378 g/mol. The Morgan fingerprint density at radius 1 is 1.27 bits per heavy atom. The Morgan fingerprint density at radius 3 is 2.80 bits per heavy atom. The smallest absolute Gasteiger partial charge is 0.277 e. The van der Waals surface area contributed by atoms with E-state index in [0.29, 0.717) is 35.6 Å². The number of fused-ring (bicyclic) bond motifs is 1. The molecule has 0 aliphatic carbocycles. The van der Waals surface area contributed by atoms with Crippen LogP contribution in [0.5, 0.6) is 0 Å². The van der Waals surface area contributed by atoms with Crippen LogP contribution in [-0.4, -0.2) is 39.0 Å². The summed E-state index contributed by atoms with van der Waals surface area (Å²) >= 11 is 0. The van der Waals surface area contributed by atoms with Crippen LogP contribution in [0.3, 0.4) is 0 Å². The van der Waals surface area contributed by atoms with E-state index in [9.17, 15) is 9.59 Å². The Morgan fingerprint density at radius 2 is 2.07 bits per heavy atom. The lowest BCUT2D eigenvalue weighted by atomic mass is 10.1. The summed E-state index contributed by atoms with van der Waals surface area (Å²) < 4.78 is 3.30. The number of benzene rings is 1. The fraction of sp³-hybridized carbons (Fsp3) is 0.348. The molecule has 2 aromatic heterocycles. The number of carbonyl (C=O) groups is 1. The predicted molar refractivity (Wildman–Crippen MR) is 118 cm³/mol. The molecule has 154 valence electrons. The van der Waals surface area contributed by atoms with Gasteiger partial charge in [0.2, 0.25) is 5.95 Å². The zero-order valence-electron chi connectivity index (χ0n) is 17.0. The fourth-order valence-corrected chi connectivity index (χ4v) is 3.90. The van der Waals surface area contributed by atoms with Crippen molar-refractivity contribution in [2.75, 3.05) is 18.0 Å². The number of piperidine rings is 1. The molecule has 1 unspecified atom stereocenters. The highest BCUT2D eigenvalue weighted by Crippen LogP contribution is 2.23. The molecule has 3 aromatic rings. The summed E-state index contributed by atoms with van der Waals surface area (Å²) in [5.74, 6) is 6.54. The molecule has 1 fully saturated rings. The van der Waals surface area contributed by atoms with Crippen molar-refractivity contribution in [3.8, 4) is 11.8 Å². The molecule has 4 rings (SSSR count). The first-order valence-corrected chi connectivity index (χ1v) is 10.2. The molecule has 1 atom stereocenters. The number of carbonyl (C=O) groups excluding carboxylic acids is 1. The van der Waals surface area contributed by atoms with E-state index in [4.69, 9.17) is 10.7 Å². The Kier molecular flexibility index (Phi) is 5.68. The quantitative estimate of drug-likeness (QED) is 0.520. The number of hydrogen-bond acceptors (Lipinski definition) is 5. The first kappa shape index (κ1) is 19.9. The second kappa shape index (κ2) is 8.56. The van der Waals surface area contributed by atoms with Gasteiger partial charge in [-0.15, -0.1) is 5.92 Å². The molecule has 30 heavy (non-hydrogen) atoms.